The van der Waals surface area contributed by atoms with Crippen molar-refractivity contribution in [2.75, 3.05) is 25.5 Å². The third-order valence-corrected chi connectivity index (χ3v) is 3.73. The van der Waals surface area contributed by atoms with Crippen molar-refractivity contribution in [1.82, 2.24) is 10.2 Å². The Hall–Kier alpha value is -1.80. The number of hydrogen-bond donors (Lipinski definition) is 2. The van der Waals surface area contributed by atoms with Crippen LogP contribution in [0.15, 0.2) is 18.2 Å². The van der Waals surface area contributed by atoms with E-state index in [0.717, 1.165) is 25.1 Å². The second kappa shape index (κ2) is 7.85. The summed E-state index contributed by atoms with van der Waals surface area (Å²) >= 11 is 0. The minimum atomic E-state index is -4.60. The minimum Gasteiger partial charge on any atom is -0.337 e. The Labute approximate surface area is 144 Å². The average molecular weight is 366 g/mol. The summed E-state index contributed by atoms with van der Waals surface area (Å²) in [6, 6.07) is 2.83. The van der Waals surface area contributed by atoms with Crippen LogP contribution < -0.4 is 10.6 Å². The summed E-state index contributed by atoms with van der Waals surface area (Å²) < 4.78 is 39.0. The Kier molecular flexibility index (Phi) is 6.62. The van der Waals surface area contributed by atoms with Crippen molar-refractivity contribution in [3.8, 4) is 0 Å². The van der Waals surface area contributed by atoms with Crippen molar-refractivity contribution in [3.63, 3.8) is 0 Å². The molecular weight excluding hydrogens is 347 g/mol. The summed E-state index contributed by atoms with van der Waals surface area (Å²) in [7, 11) is 1.57. The van der Waals surface area contributed by atoms with Crippen LogP contribution in [0.1, 0.15) is 29.3 Å². The molecule has 1 aliphatic heterocycles. The summed E-state index contributed by atoms with van der Waals surface area (Å²) in [6.45, 7) is 2.57. The molecule has 1 aromatic rings. The molecule has 0 radical (unpaired) electrons. The van der Waals surface area contributed by atoms with Gasteiger partial charge in [0.05, 0.1) is 5.56 Å². The highest BCUT2D eigenvalue weighted by Gasteiger charge is 2.33. The van der Waals surface area contributed by atoms with Crippen molar-refractivity contribution in [1.29, 1.82) is 0 Å². The SMILES string of the molecule is CC(=O)Nc1cc(C(=O)N(C)C2CCNC2)cc(C(F)(F)F)c1.Cl. The molecule has 0 saturated carbocycles. The molecule has 9 heteroatoms. The third-order valence-electron chi connectivity index (χ3n) is 3.73. The van der Waals surface area contributed by atoms with E-state index in [0.29, 0.717) is 6.54 Å². The number of rotatable bonds is 3. The Morgan fingerprint density at radius 2 is 1.96 bits per heavy atom. The molecule has 1 aliphatic rings. The first kappa shape index (κ1) is 20.2. The molecule has 1 unspecified atom stereocenters. The fourth-order valence-corrected chi connectivity index (χ4v) is 2.53. The number of nitrogens with zero attached hydrogens (tertiary/aromatic N) is 1. The maximum Gasteiger partial charge on any atom is 0.416 e. The van der Waals surface area contributed by atoms with E-state index in [-0.39, 0.29) is 29.7 Å². The normalized spacial score (nSPS) is 17.1. The monoisotopic (exact) mass is 365 g/mol. The largest absolute Gasteiger partial charge is 0.416 e. The van der Waals surface area contributed by atoms with Gasteiger partial charge in [-0.1, -0.05) is 0 Å². The Balaban J connectivity index is 0.00000288. The second-order valence-corrected chi connectivity index (χ2v) is 5.54. The molecule has 1 saturated heterocycles. The molecule has 1 fully saturated rings. The lowest BCUT2D eigenvalue weighted by molar-refractivity contribution is -0.137. The first-order valence-corrected chi connectivity index (χ1v) is 7.16. The summed E-state index contributed by atoms with van der Waals surface area (Å²) in [5.41, 5.74) is -1.11. The van der Waals surface area contributed by atoms with Gasteiger partial charge in [-0.05, 0) is 31.2 Å². The van der Waals surface area contributed by atoms with Gasteiger partial charge in [-0.25, -0.2) is 0 Å². The molecular formula is C15H19ClF3N3O2. The maximum absolute atomic E-state index is 13.0. The molecule has 2 N–H and O–H groups in total. The highest BCUT2D eigenvalue weighted by Crippen LogP contribution is 2.32. The van der Waals surface area contributed by atoms with E-state index in [9.17, 15) is 22.8 Å². The van der Waals surface area contributed by atoms with Crippen LogP contribution in [-0.2, 0) is 11.0 Å². The van der Waals surface area contributed by atoms with Gasteiger partial charge in [0, 0.05) is 37.8 Å². The molecule has 0 spiro atoms. The molecule has 0 aliphatic carbocycles. The number of benzene rings is 1. The predicted octanol–water partition coefficient (Wildman–Crippen LogP) is 2.52. The number of amides is 2. The lowest BCUT2D eigenvalue weighted by Gasteiger charge is -2.24. The highest BCUT2D eigenvalue weighted by atomic mass is 35.5. The first-order valence-electron chi connectivity index (χ1n) is 7.16. The van der Waals surface area contributed by atoms with Crippen LogP contribution in [0, 0.1) is 0 Å². The van der Waals surface area contributed by atoms with Crippen molar-refractivity contribution in [2.24, 2.45) is 0 Å². The maximum atomic E-state index is 13.0. The minimum absolute atomic E-state index is 0. The van der Waals surface area contributed by atoms with E-state index in [1.165, 1.54) is 17.9 Å². The van der Waals surface area contributed by atoms with Crippen LogP contribution >= 0.6 is 12.4 Å². The lowest BCUT2D eigenvalue weighted by atomic mass is 10.1. The van der Waals surface area contributed by atoms with Gasteiger partial charge < -0.3 is 15.5 Å². The molecule has 134 valence electrons. The third kappa shape index (κ3) is 4.85. The van der Waals surface area contributed by atoms with Gasteiger partial charge in [0.1, 0.15) is 0 Å². The quantitative estimate of drug-likeness (QED) is 0.865. The molecule has 2 amide bonds. The van der Waals surface area contributed by atoms with Gasteiger partial charge in [-0.15, -0.1) is 12.4 Å². The number of alkyl halides is 3. The molecule has 1 atom stereocenters. The average Bonchev–Trinajstić information content (AvgIpc) is 2.97. The smallest absolute Gasteiger partial charge is 0.337 e. The van der Waals surface area contributed by atoms with Crippen molar-refractivity contribution < 1.29 is 22.8 Å². The van der Waals surface area contributed by atoms with E-state index in [4.69, 9.17) is 0 Å². The fourth-order valence-electron chi connectivity index (χ4n) is 2.53. The molecule has 0 aromatic heterocycles. The molecule has 2 rings (SSSR count). The summed E-state index contributed by atoms with van der Waals surface area (Å²) in [5, 5.41) is 5.40. The topological polar surface area (TPSA) is 61.4 Å². The highest BCUT2D eigenvalue weighted by molar-refractivity contribution is 5.97. The number of carbonyl (C=O) groups excluding carboxylic acids is 2. The predicted molar refractivity (Wildman–Crippen MR) is 86.4 cm³/mol. The van der Waals surface area contributed by atoms with Crippen LogP contribution in [0.4, 0.5) is 18.9 Å². The van der Waals surface area contributed by atoms with E-state index < -0.39 is 23.6 Å². The Bertz CT molecular complexity index is 616. The Morgan fingerprint density at radius 3 is 2.46 bits per heavy atom. The van der Waals surface area contributed by atoms with Gasteiger partial charge in [0.2, 0.25) is 5.91 Å². The van der Waals surface area contributed by atoms with Crippen molar-refractivity contribution >= 4 is 29.9 Å². The Morgan fingerprint density at radius 1 is 1.29 bits per heavy atom. The summed E-state index contributed by atoms with van der Waals surface area (Å²) in [4.78, 5) is 25.0. The number of carbonyl (C=O) groups is 2. The molecule has 0 bridgehead atoms. The van der Waals surface area contributed by atoms with Crippen LogP contribution in [0.2, 0.25) is 0 Å². The fraction of sp³-hybridized carbons (Fsp3) is 0.467. The number of hydrogen-bond acceptors (Lipinski definition) is 3. The van der Waals surface area contributed by atoms with Crippen LogP contribution in [-0.4, -0.2) is 42.9 Å². The summed E-state index contributed by atoms with van der Waals surface area (Å²) in [6.07, 6.45) is -3.85. The van der Waals surface area contributed by atoms with Gasteiger partial charge in [-0.3, -0.25) is 9.59 Å². The standard InChI is InChI=1S/C15H18F3N3O2.ClH/c1-9(22)20-12-6-10(5-11(7-12)15(16,17)18)14(23)21(2)13-3-4-19-8-13;/h5-7,13,19H,3-4,8H2,1-2H3,(H,20,22);1H. The van der Waals surface area contributed by atoms with Gasteiger partial charge in [-0.2, -0.15) is 13.2 Å². The van der Waals surface area contributed by atoms with E-state index in [1.807, 2.05) is 0 Å². The van der Waals surface area contributed by atoms with Crippen LogP contribution in [0.25, 0.3) is 0 Å². The first-order chi connectivity index (χ1) is 10.7. The second-order valence-electron chi connectivity index (χ2n) is 5.54. The zero-order valence-electron chi connectivity index (χ0n) is 13.2. The van der Waals surface area contributed by atoms with Crippen LogP contribution in [0.5, 0.6) is 0 Å². The molecule has 5 nitrogen and oxygen atoms in total. The zero-order chi connectivity index (χ0) is 17.2. The molecule has 1 aromatic carbocycles. The number of nitrogens with one attached hydrogen (secondary N) is 2. The summed E-state index contributed by atoms with van der Waals surface area (Å²) in [5.74, 6) is -1.01. The molecule has 24 heavy (non-hydrogen) atoms. The van der Waals surface area contributed by atoms with Gasteiger partial charge >= 0.3 is 6.18 Å². The van der Waals surface area contributed by atoms with Gasteiger partial charge in [0.15, 0.2) is 0 Å². The van der Waals surface area contributed by atoms with E-state index >= 15 is 0 Å². The number of halogens is 4. The molecule has 1 heterocycles. The van der Waals surface area contributed by atoms with Gasteiger partial charge in [0.25, 0.3) is 5.91 Å². The van der Waals surface area contributed by atoms with E-state index in [2.05, 4.69) is 10.6 Å². The lowest BCUT2D eigenvalue weighted by Crippen LogP contribution is -2.38. The number of anilines is 1. The zero-order valence-corrected chi connectivity index (χ0v) is 14.1. The van der Waals surface area contributed by atoms with Crippen molar-refractivity contribution in [3.05, 3.63) is 29.3 Å². The van der Waals surface area contributed by atoms with Crippen LogP contribution in [0.3, 0.4) is 0 Å². The number of likely N-dealkylation sites (N-methyl/N-ethyl adjacent to an activating group) is 1. The van der Waals surface area contributed by atoms with E-state index in [1.54, 1.807) is 7.05 Å². The van der Waals surface area contributed by atoms with Crippen molar-refractivity contribution in [2.45, 2.75) is 25.6 Å².